The number of piperidine rings is 1. The molecule has 2 fully saturated rings. The van der Waals surface area contributed by atoms with Gasteiger partial charge in [-0.3, -0.25) is 4.79 Å². The van der Waals surface area contributed by atoms with Crippen LogP contribution in [-0.2, 0) is 0 Å². The Morgan fingerprint density at radius 2 is 2.04 bits per heavy atom. The number of nitrogens with one attached hydrogen (secondary N) is 2. The largest absolute Gasteiger partial charge is 0.358 e. The third-order valence-corrected chi connectivity index (χ3v) is 6.90. The SMILES string of the molecule is CN1CCC(c2nc(C(=O)Nc3cnsc3N3CCNCC3)cs2)CC1. The average molecular weight is 393 g/mol. The predicted octanol–water partition coefficient (Wildman–Crippen LogP) is 2.07. The molecule has 2 saturated heterocycles. The van der Waals surface area contributed by atoms with Crippen LogP contribution < -0.4 is 15.5 Å². The first-order chi connectivity index (χ1) is 12.7. The van der Waals surface area contributed by atoms with Crippen molar-refractivity contribution >= 4 is 39.5 Å². The van der Waals surface area contributed by atoms with E-state index in [1.807, 2.05) is 5.38 Å². The van der Waals surface area contributed by atoms with E-state index in [9.17, 15) is 4.79 Å². The zero-order chi connectivity index (χ0) is 17.9. The van der Waals surface area contributed by atoms with Crippen LogP contribution in [0.1, 0.15) is 34.3 Å². The molecule has 0 aromatic carbocycles. The van der Waals surface area contributed by atoms with E-state index in [-0.39, 0.29) is 5.91 Å². The summed E-state index contributed by atoms with van der Waals surface area (Å²) in [7, 11) is 2.15. The monoisotopic (exact) mass is 392 g/mol. The topological polar surface area (TPSA) is 73.4 Å². The first kappa shape index (κ1) is 17.8. The van der Waals surface area contributed by atoms with E-state index in [4.69, 9.17) is 0 Å². The molecule has 2 N–H and O–H groups in total. The van der Waals surface area contributed by atoms with Gasteiger partial charge in [-0.15, -0.1) is 11.3 Å². The summed E-state index contributed by atoms with van der Waals surface area (Å²) in [5.74, 6) is 0.342. The number of anilines is 2. The maximum atomic E-state index is 12.7. The van der Waals surface area contributed by atoms with E-state index in [1.54, 1.807) is 17.5 Å². The van der Waals surface area contributed by atoms with E-state index in [1.165, 1.54) is 11.5 Å². The molecule has 9 heteroatoms. The van der Waals surface area contributed by atoms with Crippen LogP contribution in [0.15, 0.2) is 11.6 Å². The van der Waals surface area contributed by atoms with E-state index < -0.39 is 0 Å². The number of amides is 1. The highest BCUT2D eigenvalue weighted by atomic mass is 32.1. The Balaban J connectivity index is 1.42. The zero-order valence-electron chi connectivity index (χ0n) is 14.9. The van der Waals surface area contributed by atoms with Gasteiger partial charge in [0, 0.05) is 37.5 Å². The third-order valence-electron chi connectivity index (χ3n) is 5.03. The molecule has 2 aliphatic heterocycles. The van der Waals surface area contributed by atoms with Crippen LogP contribution in [0.5, 0.6) is 0 Å². The molecule has 4 rings (SSSR count). The minimum absolute atomic E-state index is 0.142. The standard InChI is InChI=1S/C17H24N6OS2/c1-22-6-2-12(3-7-22)16-21-14(11-25-16)15(24)20-13-10-19-26-17(13)23-8-4-18-5-9-23/h10-12,18H,2-9H2,1H3,(H,20,24). The van der Waals surface area contributed by atoms with Gasteiger partial charge >= 0.3 is 0 Å². The first-order valence-electron chi connectivity index (χ1n) is 9.06. The highest BCUT2D eigenvalue weighted by molar-refractivity contribution is 7.11. The fourth-order valence-corrected chi connectivity index (χ4v) is 5.17. The molecule has 0 bridgehead atoms. The Kier molecular flexibility index (Phi) is 5.49. The summed E-state index contributed by atoms with van der Waals surface area (Å²) in [5.41, 5.74) is 1.30. The molecule has 0 saturated carbocycles. The van der Waals surface area contributed by atoms with E-state index in [0.717, 1.165) is 67.8 Å². The molecule has 0 unspecified atom stereocenters. The lowest BCUT2D eigenvalue weighted by Gasteiger charge is -2.28. The Morgan fingerprint density at radius 3 is 2.81 bits per heavy atom. The lowest BCUT2D eigenvalue weighted by Crippen LogP contribution is -2.43. The summed E-state index contributed by atoms with van der Waals surface area (Å²) < 4.78 is 4.27. The lowest BCUT2D eigenvalue weighted by molar-refractivity contribution is 0.102. The smallest absolute Gasteiger partial charge is 0.275 e. The highest BCUT2D eigenvalue weighted by Gasteiger charge is 2.23. The number of carbonyl (C=O) groups excluding carboxylic acids is 1. The highest BCUT2D eigenvalue weighted by Crippen LogP contribution is 2.32. The van der Waals surface area contributed by atoms with Gasteiger partial charge in [-0.05, 0) is 44.5 Å². The van der Waals surface area contributed by atoms with Crippen molar-refractivity contribution < 1.29 is 4.79 Å². The Hall–Kier alpha value is -1.55. The second kappa shape index (κ2) is 7.99. The Bertz CT molecular complexity index is 746. The molecule has 0 radical (unpaired) electrons. The summed E-state index contributed by atoms with van der Waals surface area (Å²) in [6.45, 7) is 5.97. The second-order valence-electron chi connectivity index (χ2n) is 6.88. The quantitative estimate of drug-likeness (QED) is 0.830. The maximum absolute atomic E-state index is 12.7. The molecule has 2 aromatic heterocycles. The maximum Gasteiger partial charge on any atom is 0.275 e. The van der Waals surface area contributed by atoms with Gasteiger partial charge in [-0.1, -0.05) is 0 Å². The summed E-state index contributed by atoms with van der Waals surface area (Å²) in [4.78, 5) is 21.9. The van der Waals surface area contributed by atoms with Gasteiger partial charge in [0.05, 0.1) is 16.9 Å². The van der Waals surface area contributed by atoms with Crippen LogP contribution >= 0.6 is 22.9 Å². The number of nitrogens with zero attached hydrogens (tertiary/aromatic N) is 4. The van der Waals surface area contributed by atoms with Crippen LogP contribution in [0.2, 0.25) is 0 Å². The number of hydrogen-bond donors (Lipinski definition) is 2. The van der Waals surface area contributed by atoms with Crippen molar-refractivity contribution in [3.05, 3.63) is 22.3 Å². The van der Waals surface area contributed by atoms with Crippen LogP contribution in [0.25, 0.3) is 0 Å². The molecule has 2 aliphatic rings. The number of rotatable bonds is 4. The van der Waals surface area contributed by atoms with E-state index in [0.29, 0.717) is 11.6 Å². The molecule has 140 valence electrons. The summed E-state index contributed by atoms with van der Waals surface area (Å²) in [5, 5.41) is 10.4. The van der Waals surface area contributed by atoms with E-state index >= 15 is 0 Å². The van der Waals surface area contributed by atoms with Gasteiger partial charge in [-0.25, -0.2) is 4.98 Å². The summed E-state index contributed by atoms with van der Waals surface area (Å²) in [6.07, 6.45) is 3.98. The number of hydrogen-bond acceptors (Lipinski definition) is 8. The number of likely N-dealkylation sites (tertiary alicyclic amines) is 1. The van der Waals surface area contributed by atoms with Crippen molar-refractivity contribution in [2.75, 3.05) is 56.5 Å². The predicted molar refractivity (Wildman–Crippen MR) is 107 cm³/mol. The normalized spacial score (nSPS) is 19.7. The molecule has 0 atom stereocenters. The molecule has 2 aromatic rings. The van der Waals surface area contributed by atoms with Gasteiger partial charge in [0.25, 0.3) is 5.91 Å². The van der Waals surface area contributed by atoms with Crippen LogP contribution in [0.4, 0.5) is 10.7 Å². The molecular formula is C17H24N6OS2. The van der Waals surface area contributed by atoms with Gasteiger partial charge in [-0.2, -0.15) is 4.37 Å². The Labute approximate surface area is 161 Å². The molecule has 7 nitrogen and oxygen atoms in total. The third kappa shape index (κ3) is 3.90. The lowest BCUT2D eigenvalue weighted by atomic mass is 9.98. The minimum Gasteiger partial charge on any atom is -0.358 e. The van der Waals surface area contributed by atoms with Crippen molar-refractivity contribution in [3.8, 4) is 0 Å². The number of piperazine rings is 1. The zero-order valence-corrected chi connectivity index (χ0v) is 16.5. The second-order valence-corrected chi connectivity index (χ2v) is 8.55. The van der Waals surface area contributed by atoms with Crippen LogP contribution in [-0.4, -0.2) is 66.5 Å². The number of carbonyl (C=O) groups is 1. The molecule has 0 spiro atoms. The van der Waals surface area contributed by atoms with Crippen molar-refractivity contribution in [1.29, 1.82) is 0 Å². The van der Waals surface area contributed by atoms with Gasteiger partial charge in [0.1, 0.15) is 10.7 Å². The fraction of sp³-hybridized carbons (Fsp3) is 0.588. The first-order valence-corrected chi connectivity index (χ1v) is 10.7. The number of aromatic nitrogens is 2. The van der Waals surface area contributed by atoms with Gasteiger partial charge in [0.2, 0.25) is 0 Å². The number of thiazole rings is 1. The van der Waals surface area contributed by atoms with Gasteiger partial charge in [0.15, 0.2) is 0 Å². The van der Waals surface area contributed by atoms with Crippen molar-refractivity contribution in [1.82, 2.24) is 19.6 Å². The van der Waals surface area contributed by atoms with Crippen molar-refractivity contribution in [3.63, 3.8) is 0 Å². The fourth-order valence-electron chi connectivity index (χ4n) is 3.44. The molecular weight excluding hydrogens is 368 g/mol. The average Bonchev–Trinajstić information content (AvgIpc) is 3.33. The van der Waals surface area contributed by atoms with Gasteiger partial charge < -0.3 is 20.4 Å². The summed E-state index contributed by atoms with van der Waals surface area (Å²) in [6, 6.07) is 0. The minimum atomic E-state index is -0.142. The Morgan fingerprint density at radius 1 is 1.27 bits per heavy atom. The summed E-state index contributed by atoms with van der Waals surface area (Å²) >= 11 is 3.04. The molecule has 26 heavy (non-hydrogen) atoms. The van der Waals surface area contributed by atoms with Crippen molar-refractivity contribution in [2.24, 2.45) is 0 Å². The van der Waals surface area contributed by atoms with E-state index in [2.05, 4.69) is 36.8 Å². The molecule has 0 aliphatic carbocycles. The molecule has 1 amide bonds. The van der Waals surface area contributed by atoms with Crippen LogP contribution in [0.3, 0.4) is 0 Å². The van der Waals surface area contributed by atoms with Crippen LogP contribution in [0, 0.1) is 0 Å². The van der Waals surface area contributed by atoms with Crippen molar-refractivity contribution in [2.45, 2.75) is 18.8 Å². The molecule has 4 heterocycles.